The van der Waals surface area contributed by atoms with Crippen molar-refractivity contribution < 1.29 is 0 Å². The lowest BCUT2D eigenvalue weighted by molar-refractivity contribution is 0.830. The smallest absolute Gasteiger partial charge is 0.0995 e. The van der Waals surface area contributed by atoms with Gasteiger partial charge in [-0.3, -0.25) is 0 Å². The fourth-order valence-electron chi connectivity index (χ4n) is 2.22. The highest BCUT2D eigenvalue weighted by molar-refractivity contribution is 7.12. The Kier molecular flexibility index (Phi) is 4.43. The molecule has 0 aliphatic carbocycles. The number of nitrogens with zero attached hydrogens (tertiary/aromatic N) is 2. The van der Waals surface area contributed by atoms with Crippen LogP contribution in [0.5, 0.6) is 0 Å². The van der Waals surface area contributed by atoms with Crippen molar-refractivity contribution in [2.24, 2.45) is 0 Å². The van der Waals surface area contributed by atoms with Crippen LogP contribution < -0.4 is 5.32 Å². The zero-order valence-corrected chi connectivity index (χ0v) is 13.7. The molecular formula is C16H17N3S2. The number of rotatable bonds is 5. The summed E-state index contributed by atoms with van der Waals surface area (Å²) in [7, 11) is 1.97. The Morgan fingerprint density at radius 3 is 2.62 bits per heavy atom. The van der Waals surface area contributed by atoms with Gasteiger partial charge >= 0.3 is 0 Å². The second kappa shape index (κ2) is 6.47. The van der Waals surface area contributed by atoms with Crippen molar-refractivity contribution in [3.63, 3.8) is 0 Å². The molecule has 3 aromatic rings. The predicted molar refractivity (Wildman–Crippen MR) is 90.0 cm³/mol. The molecule has 5 heteroatoms. The molecule has 0 atom stereocenters. The van der Waals surface area contributed by atoms with Gasteiger partial charge in [0.05, 0.1) is 21.4 Å². The molecule has 0 saturated carbocycles. The van der Waals surface area contributed by atoms with Crippen LogP contribution in [-0.2, 0) is 13.0 Å². The third-order valence-corrected chi connectivity index (χ3v) is 5.00. The average Bonchev–Trinajstić information content (AvgIpc) is 3.07. The number of hydrogen-bond donors (Lipinski definition) is 1. The van der Waals surface area contributed by atoms with E-state index in [-0.39, 0.29) is 0 Å². The summed E-state index contributed by atoms with van der Waals surface area (Å²) in [4.78, 5) is 10.7. The van der Waals surface area contributed by atoms with Crippen LogP contribution in [0.2, 0.25) is 0 Å². The maximum absolute atomic E-state index is 4.85. The first-order chi connectivity index (χ1) is 10.3. The molecule has 0 fully saturated rings. The Labute approximate surface area is 132 Å². The molecule has 0 amide bonds. The minimum Gasteiger partial charge on any atom is -0.315 e. The molecule has 0 saturated heterocycles. The van der Waals surface area contributed by atoms with E-state index in [2.05, 4.69) is 39.9 Å². The number of thiazole rings is 2. The third-order valence-electron chi connectivity index (χ3n) is 3.13. The van der Waals surface area contributed by atoms with E-state index in [1.165, 1.54) is 10.4 Å². The lowest BCUT2D eigenvalue weighted by Gasteiger charge is -2.00. The second-order valence-electron chi connectivity index (χ2n) is 4.81. The maximum Gasteiger partial charge on any atom is 0.0995 e. The van der Waals surface area contributed by atoms with Crippen molar-refractivity contribution in [3.8, 4) is 11.3 Å². The number of hydrogen-bond acceptors (Lipinski definition) is 5. The van der Waals surface area contributed by atoms with E-state index in [0.29, 0.717) is 0 Å². The molecule has 1 aromatic carbocycles. The molecule has 0 bridgehead atoms. The van der Waals surface area contributed by atoms with Crippen molar-refractivity contribution >= 4 is 22.7 Å². The first kappa shape index (κ1) is 14.4. The minimum atomic E-state index is 0.818. The Bertz CT molecular complexity index is 716. The number of nitrogens with one attached hydrogen (secondary N) is 1. The molecule has 0 radical (unpaired) electrons. The standard InChI is InChI=1S/C16H17N3S2/c1-11-18-13(10-20-11)8-15-19-16(14(21-15)9-17-2)12-6-4-3-5-7-12/h3-7,10,17H,8-9H2,1-2H3. The molecule has 0 spiro atoms. The fourth-order valence-corrected chi connectivity index (χ4v) is 3.95. The van der Waals surface area contributed by atoms with E-state index in [9.17, 15) is 0 Å². The van der Waals surface area contributed by atoms with Crippen LogP contribution in [0, 0.1) is 6.92 Å². The van der Waals surface area contributed by atoms with Gasteiger partial charge in [0.25, 0.3) is 0 Å². The van der Waals surface area contributed by atoms with Crippen molar-refractivity contribution in [2.45, 2.75) is 19.9 Å². The summed E-state index contributed by atoms with van der Waals surface area (Å²) < 4.78 is 0. The molecule has 3 nitrogen and oxygen atoms in total. The van der Waals surface area contributed by atoms with Gasteiger partial charge in [0.2, 0.25) is 0 Å². The molecule has 108 valence electrons. The Hall–Kier alpha value is -1.56. The molecule has 0 aliphatic heterocycles. The fraction of sp³-hybridized carbons (Fsp3) is 0.250. The van der Waals surface area contributed by atoms with Crippen LogP contribution in [-0.4, -0.2) is 17.0 Å². The van der Waals surface area contributed by atoms with Crippen molar-refractivity contribution in [1.29, 1.82) is 0 Å². The largest absolute Gasteiger partial charge is 0.315 e. The second-order valence-corrected chi connectivity index (χ2v) is 7.04. The lowest BCUT2D eigenvalue weighted by atomic mass is 10.1. The van der Waals surface area contributed by atoms with Crippen LogP contribution in [0.3, 0.4) is 0 Å². The van der Waals surface area contributed by atoms with Gasteiger partial charge in [0.1, 0.15) is 0 Å². The topological polar surface area (TPSA) is 37.8 Å². The molecule has 2 aromatic heterocycles. The van der Waals surface area contributed by atoms with Crippen LogP contribution in [0.4, 0.5) is 0 Å². The van der Waals surface area contributed by atoms with E-state index < -0.39 is 0 Å². The van der Waals surface area contributed by atoms with Gasteiger partial charge in [-0.25, -0.2) is 9.97 Å². The van der Waals surface area contributed by atoms with Gasteiger partial charge in [-0.2, -0.15) is 0 Å². The Morgan fingerprint density at radius 1 is 1.14 bits per heavy atom. The Balaban J connectivity index is 1.92. The minimum absolute atomic E-state index is 0.818. The summed E-state index contributed by atoms with van der Waals surface area (Å²) in [5.41, 5.74) is 3.39. The highest BCUT2D eigenvalue weighted by atomic mass is 32.1. The SMILES string of the molecule is CNCc1sc(Cc2csc(C)n2)nc1-c1ccccc1. The summed E-state index contributed by atoms with van der Waals surface area (Å²) in [6.07, 6.45) is 0.818. The summed E-state index contributed by atoms with van der Waals surface area (Å²) in [6, 6.07) is 10.4. The Morgan fingerprint density at radius 2 is 1.95 bits per heavy atom. The van der Waals surface area contributed by atoms with Gasteiger partial charge in [-0.1, -0.05) is 30.3 Å². The van der Waals surface area contributed by atoms with Gasteiger partial charge in [-0.15, -0.1) is 22.7 Å². The van der Waals surface area contributed by atoms with Crippen molar-refractivity contribution in [1.82, 2.24) is 15.3 Å². The molecular weight excluding hydrogens is 298 g/mol. The van der Waals surface area contributed by atoms with Gasteiger partial charge in [0, 0.05) is 28.8 Å². The normalized spacial score (nSPS) is 11.0. The summed E-state index contributed by atoms with van der Waals surface area (Å²) in [6.45, 7) is 2.88. The van der Waals surface area contributed by atoms with Crippen LogP contribution in [0.1, 0.15) is 20.6 Å². The first-order valence-corrected chi connectivity index (χ1v) is 8.55. The molecule has 21 heavy (non-hydrogen) atoms. The van der Waals surface area contributed by atoms with Crippen molar-refractivity contribution in [2.75, 3.05) is 7.05 Å². The van der Waals surface area contributed by atoms with E-state index >= 15 is 0 Å². The van der Waals surface area contributed by atoms with Crippen LogP contribution in [0.15, 0.2) is 35.7 Å². The van der Waals surface area contributed by atoms with E-state index in [0.717, 1.165) is 34.4 Å². The van der Waals surface area contributed by atoms with Gasteiger partial charge in [0.15, 0.2) is 0 Å². The van der Waals surface area contributed by atoms with Crippen LogP contribution in [0.25, 0.3) is 11.3 Å². The van der Waals surface area contributed by atoms with Gasteiger partial charge < -0.3 is 5.32 Å². The zero-order valence-electron chi connectivity index (χ0n) is 12.1. The average molecular weight is 315 g/mol. The lowest BCUT2D eigenvalue weighted by Crippen LogP contribution is -2.04. The number of aromatic nitrogens is 2. The van der Waals surface area contributed by atoms with Gasteiger partial charge in [-0.05, 0) is 14.0 Å². The van der Waals surface area contributed by atoms with Crippen molar-refractivity contribution in [3.05, 3.63) is 56.3 Å². The van der Waals surface area contributed by atoms with E-state index in [1.54, 1.807) is 22.7 Å². The summed E-state index contributed by atoms with van der Waals surface area (Å²) in [5.74, 6) is 0. The maximum atomic E-state index is 4.85. The number of aryl methyl sites for hydroxylation is 1. The van der Waals surface area contributed by atoms with E-state index in [4.69, 9.17) is 4.98 Å². The monoisotopic (exact) mass is 315 g/mol. The highest BCUT2D eigenvalue weighted by Crippen LogP contribution is 2.29. The predicted octanol–water partition coefficient (Wildman–Crippen LogP) is 3.89. The molecule has 3 rings (SSSR count). The first-order valence-electron chi connectivity index (χ1n) is 6.86. The quantitative estimate of drug-likeness (QED) is 0.776. The summed E-state index contributed by atoms with van der Waals surface area (Å²) in [5, 5.41) is 7.59. The highest BCUT2D eigenvalue weighted by Gasteiger charge is 2.13. The zero-order chi connectivity index (χ0) is 14.7. The number of benzene rings is 1. The summed E-state index contributed by atoms with van der Waals surface area (Å²) >= 11 is 3.47. The van der Waals surface area contributed by atoms with E-state index in [1.807, 2.05) is 20.0 Å². The third kappa shape index (κ3) is 3.37. The molecule has 2 heterocycles. The molecule has 0 aliphatic rings. The van der Waals surface area contributed by atoms with Crippen LogP contribution >= 0.6 is 22.7 Å². The molecule has 0 unspecified atom stereocenters. The molecule has 1 N–H and O–H groups in total.